The van der Waals surface area contributed by atoms with Gasteiger partial charge in [0.05, 0.1) is 12.6 Å². The maximum atomic E-state index is 12.5. The molecule has 27 heavy (non-hydrogen) atoms. The highest BCUT2D eigenvalue weighted by Crippen LogP contribution is 2.29. The summed E-state index contributed by atoms with van der Waals surface area (Å²) in [5.74, 6) is -0.534. The van der Waals surface area contributed by atoms with Crippen molar-refractivity contribution in [3.8, 4) is 0 Å². The largest absolute Gasteiger partial charge is 0.348 e. The molecule has 7 nitrogen and oxygen atoms in total. The van der Waals surface area contributed by atoms with E-state index in [0.29, 0.717) is 0 Å². The predicted molar refractivity (Wildman–Crippen MR) is 104 cm³/mol. The van der Waals surface area contributed by atoms with E-state index >= 15 is 0 Å². The van der Waals surface area contributed by atoms with E-state index in [1.54, 1.807) is 19.3 Å². The molecule has 0 radical (unpaired) electrons. The molecule has 2 amide bonds. The number of aromatic nitrogens is 1. The van der Waals surface area contributed by atoms with Crippen LogP contribution in [-0.4, -0.2) is 30.0 Å². The summed E-state index contributed by atoms with van der Waals surface area (Å²) in [6.07, 6.45) is 4.48. The van der Waals surface area contributed by atoms with Gasteiger partial charge in [-0.1, -0.05) is 24.3 Å². The summed E-state index contributed by atoms with van der Waals surface area (Å²) in [5.41, 5.74) is 2.17. The molecule has 1 aliphatic rings. The van der Waals surface area contributed by atoms with Gasteiger partial charge in [0.2, 0.25) is 11.8 Å². The van der Waals surface area contributed by atoms with Gasteiger partial charge in [0.1, 0.15) is 12.2 Å². The first-order valence-electron chi connectivity index (χ1n) is 9.09. The van der Waals surface area contributed by atoms with Gasteiger partial charge in [0.25, 0.3) is 5.56 Å². The Bertz CT molecular complexity index is 891. The van der Waals surface area contributed by atoms with E-state index in [2.05, 4.69) is 22.0 Å². The lowest BCUT2D eigenvalue weighted by Crippen LogP contribution is -2.36. The Morgan fingerprint density at radius 2 is 1.96 bits per heavy atom. The number of aryl methyl sites for hydroxylation is 1. The summed E-state index contributed by atoms with van der Waals surface area (Å²) >= 11 is 0. The average Bonchev–Trinajstić information content (AvgIpc) is 2.65. The molecule has 7 heteroatoms. The molecule has 2 aromatic rings. The molecule has 3 N–H and O–H groups in total. The number of anilines is 1. The van der Waals surface area contributed by atoms with E-state index in [0.717, 1.165) is 24.8 Å². The van der Waals surface area contributed by atoms with Crippen molar-refractivity contribution in [1.29, 1.82) is 0 Å². The average molecular weight is 368 g/mol. The lowest BCUT2D eigenvalue weighted by Gasteiger charge is -2.26. The lowest BCUT2D eigenvalue weighted by atomic mass is 9.88. The minimum atomic E-state index is -0.402. The second kappa shape index (κ2) is 8.64. The number of fused-ring (bicyclic) bond motifs is 1. The Kier molecular flexibility index (Phi) is 6.03. The van der Waals surface area contributed by atoms with Crippen LogP contribution in [0.3, 0.4) is 0 Å². The normalized spacial score (nSPS) is 15.7. The van der Waals surface area contributed by atoms with Gasteiger partial charge < -0.3 is 20.5 Å². The van der Waals surface area contributed by atoms with E-state index in [9.17, 15) is 14.4 Å². The third kappa shape index (κ3) is 4.62. The molecular weight excluding hydrogens is 344 g/mol. The standard InChI is InChI=1S/C20H24N4O3/c1-21-12-18(25)23-17-10-5-11-24(20(17)27)13-19(26)22-16-9-4-7-14-6-2-3-8-15(14)16/h2-3,5-6,8,10-11,16,21H,4,7,9,12-13H2,1H3,(H,22,26)(H,23,25)/t16-/m1/s1. The SMILES string of the molecule is CNCC(=O)Nc1cccn(CC(=O)N[C@@H]2CCCc3ccccc32)c1=O. The number of rotatable bonds is 6. The fraction of sp³-hybridized carbons (Fsp3) is 0.350. The molecule has 1 heterocycles. The summed E-state index contributed by atoms with van der Waals surface area (Å²) in [5, 5.41) is 8.31. The van der Waals surface area contributed by atoms with E-state index in [1.807, 2.05) is 18.2 Å². The molecule has 0 aliphatic heterocycles. The zero-order valence-corrected chi connectivity index (χ0v) is 15.3. The van der Waals surface area contributed by atoms with Crippen molar-refractivity contribution in [3.63, 3.8) is 0 Å². The number of nitrogens with zero attached hydrogens (tertiary/aromatic N) is 1. The summed E-state index contributed by atoms with van der Waals surface area (Å²) in [7, 11) is 1.65. The molecule has 1 aromatic carbocycles. The highest BCUT2D eigenvalue weighted by Gasteiger charge is 2.21. The molecule has 3 rings (SSSR count). The van der Waals surface area contributed by atoms with Crippen LogP contribution in [0.5, 0.6) is 0 Å². The Hall–Kier alpha value is -2.93. The quantitative estimate of drug-likeness (QED) is 0.714. The van der Waals surface area contributed by atoms with Crippen molar-refractivity contribution in [2.45, 2.75) is 31.8 Å². The van der Waals surface area contributed by atoms with Crippen LogP contribution in [0.1, 0.15) is 30.0 Å². The molecule has 1 atom stereocenters. The van der Waals surface area contributed by atoms with Crippen LogP contribution in [0.25, 0.3) is 0 Å². The van der Waals surface area contributed by atoms with E-state index in [-0.39, 0.29) is 36.6 Å². The zero-order valence-electron chi connectivity index (χ0n) is 15.3. The Morgan fingerprint density at radius 1 is 1.15 bits per heavy atom. The first kappa shape index (κ1) is 18.8. The molecule has 0 unspecified atom stereocenters. The molecular formula is C20H24N4O3. The van der Waals surface area contributed by atoms with Gasteiger partial charge in [-0.15, -0.1) is 0 Å². The van der Waals surface area contributed by atoms with Gasteiger partial charge in [-0.3, -0.25) is 14.4 Å². The van der Waals surface area contributed by atoms with Gasteiger partial charge in [0, 0.05) is 6.20 Å². The van der Waals surface area contributed by atoms with Crippen LogP contribution >= 0.6 is 0 Å². The number of carbonyl (C=O) groups excluding carboxylic acids is 2. The molecule has 0 bridgehead atoms. The van der Waals surface area contributed by atoms with Crippen molar-refractivity contribution in [3.05, 3.63) is 64.1 Å². The van der Waals surface area contributed by atoms with Gasteiger partial charge in [-0.05, 0) is 49.6 Å². The fourth-order valence-electron chi connectivity index (χ4n) is 3.41. The number of pyridine rings is 1. The van der Waals surface area contributed by atoms with Gasteiger partial charge >= 0.3 is 0 Å². The van der Waals surface area contributed by atoms with Crippen molar-refractivity contribution in [2.75, 3.05) is 18.9 Å². The molecule has 1 aromatic heterocycles. The maximum absolute atomic E-state index is 12.5. The smallest absolute Gasteiger partial charge is 0.274 e. The van der Waals surface area contributed by atoms with Crippen molar-refractivity contribution >= 4 is 17.5 Å². The molecule has 0 fully saturated rings. The topological polar surface area (TPSA) is 92.2 Å². The fourth-order valence-corrected chi connectivity index (χ4v) is 3.41. The Balaban J connectivity index is 1.68. The van der Waals surface area contributed by atoms with Gasteiger partial charge in [0.15, 0.2) is 0 Å². The van der Waals surface area contributed by atoms with Crippen LogP contribution in [0, 0.1) is 0 Å². The summed E-state index contributed by atoms with van der Waals surface area (Å²) in [6, 6.07) is 11.3. The minimum absolute atomic E-state index is 0.0309. The number of hydrogen-bond donors (Lipinski definition) is 3. The molecule has 0 saturated heterocycles. The molecule has 1 aliphatic carbocycles. The molecule has 0 saturated carbocycles. The van der Waals surface area contributed by atoms with Crippen molar-refractivity contribution < 1.29 is 9.59 Å². The number of carbonyl (C=O) groups is 2. The van der Waals surface area contributed by atoms with E-state index in [1.165, 1.54) is 16.2 Å². The second-order valence-corrected chi connectivity index (χ2v) is 6.64. The zero-order chi connectivity index (χ0) is 19.2. The summed E-state index contributed by atoms with van der Waals surface area (Å²) in [4.78, 5) is 36.7. The number of amides is 2. The predicted octanol–water partition coefficient (Wildman–Crippen LogP) is 1.20. The van der Waals surface area contributed by atoms with Gasteiger partial charge in [-0.2, -0.15) is 0 Å². The second-order valence-electron chi connectivity index (χ2n) is 6.64. The molecule has 142 valence electrons. The lowest BCUT2D eigenvalue weighted by molar-refractivity contribution is -0.122. The maximum Gasteiger partial charge on any atom is 0.274 e. The van der Waals surface area contributed by atoms with Crippen LogP contribution in [-0.2, 0) is 22.6 Å². The van der Waals surface area contributed by atoms with Crippen LogP contribution < -0.4 is 21.5 Å². The highest BCUT2D eigenvalue weighted by molar-refractivity contribution is 5.92. The van der Waals surface area contributed by atoms with E-state index < -0.39 is 5.56 Å². The van der Waals surface area contributed by atoms with Crippen LogP contribution in [0.4, 0.5) is 5.69 Å². The number of nitrogens with one attached hydrogen (secondary N) is 3. The number of benzene rings is 1. The first-order valence-corrected chi connectivity index (χ1v) is 9.09. The Labute approximate surface area is 157 Å². The minimum Gasteiger partial charge on any atom is -0.348 e. The Morgan fingerprint density at radius 3 is 2.78 bits per heavy atom. The molecule has 0 spiro atoms. The third-order valence-electron chi connectivity index (χ3n) is 4.65. The van der Waals surface area contributed by atoms with Gasteiger partial charge in [-0.25, -0.2) is 0 Å². The highest BCUT2D eigenvalue weighted by atomic mass is 16.2. The summed E-state index contributed by atoms with van der Waals surface area (Å²) < 4.78 is 1.30. The van der Waals surface area contributed by atoms with Crippen LogP contribution in [0.2, 0.25) is 0 Å². The number of likely N-dealkylation sites (N-methyl/N-ethyl adjacent to an activating group) is 1. The summed E-state index contributed by atoms with van der Waals surface area (Å²) in [6.45, 7) is 0.0170. The number of hydrogen-bond acceptors (Lipinski definition) is 4. The van der Waals surface area contributed by atoms with Crippen molar-refractivity contribution in [1.82, 2.24) is 15.2 Å². The van der Waals surface area contributed by atoms with Crippen LogP contribution in [0.15, 0.2) is 47.4 Å². The van der Waals surface area contributed by atoms with E-state index in [4.69, 9.17) is 0 Å². The van der Waals surface area contributed by atoms with Crippen molar-refractivity contribution in [2.24, 2.45) is 0 Å². The third-order valence-corrected chi connectivity index (χ3v) is 4.65. The monoisotopic (exact) mass is 368 g/mol. The first-order chi connectivity index (χ1) is 13.1.